The van der Waals surface area contributed by atoms with Crippen LogP contribution in [0.4, 0.5) is 0 Å². The van der Waals surface area contributed by atoms with Crippen molar-refractivity contribution in [1.82, 2.24) is 5.32 Å². The van der Waals surface area contributed by atoms with Gasteiger partial charge in [0.25, 0.3) is 0 Å². The molecule has 0 heterocycles. The van der Waals surface area contributed by atoms with Crippen LogP contribution in [-0.2, 0) is 10.8 Å². The Labute approximate surface area is 120 Å². The summed E-state index contributed by atoms with van der Waals surface area (Å²) < 4.78 is 12.6. The molecule has 0 saturated carbocycles. The molecule has 0 saturated heterocycles. The van der Waals surface area contributed by atoms with Gasteiger partial charge in [0.15, 0.2) is 0 Å². The second kappa shape index (κ2) is 7.81. The van der Waals surface area contributed by atoms with Crippen LogP contribution in [-0.4, -0.2) is 22.0 Å². The van der Waals surface area contributed by atoms with Gasteiger partial charge in [-0.3, -0.25) is 4.21 Å². The van der Waals surface area contributed by atoms with Crippen molar-refractivity contribution in [1.29, 1.82) is 0 Å². The van der Waals surface area contributed by atoms with Crippen molar-refractivity contribution < 1.29 is 4.21 Å². The highest BCUT2D eigenvalue weighted by Crippen LogP contribution is 2.20. The van der Waals surface area contributed by atoms with Crippen molar-refractivity contribution in [2.24, 2.45) is 0 Å². The molecule has 1 aromatic rings. The third kappa shape index (κ3) is 5.07. The highest BCUT2D eigenvalue weighted by atomic mass is 32.2. The lowest BCUT2D eigenvalue weighted by Gasteiger charge is -2.19. The van der Waals surface area contributed by atoms with E-state index in [9.17, 15) is 4.21 Å². The minimum atomic E-state index is -0.914. The molecule has 3 unspecified atom stereocenters. The first-order valence-electron chi connectivity index (χ1n) is 7.17. The molecule has 0 aliphatic heterocycles. The molecule has 0 amide bonds. The molecule has 0 aliphatic carbocycles. The van der Waals surface area contributed by atoms with Gasteiger partial charge in [-0.15, -0.1) is 0 Å². The summed E-state index contributed by atoms with van der Waals surface area (Å²) in [5.74, 6) is 0. The first-order chi connectivity index (χ1) is 8.95. The van der Waals surface area contributed by atoms with Crippen LogP contribution in [0.5, 0.6) is 0 Å². The largest absolute Gasteiger partial charge is 0.314 e. The average Bonchev–Trinajstić information content (AvgIpc) is 2.35. The molecule has 3 atom stereocenters. The van der Waals surface area contributed by atoms with Gasteiger partial charge in [-0.05, 0) is 51.8 Å². The summed E-state index contributed by atoms with van der Waals surface area (Å²) in [6.45, 7) is 11.6. The Kier molecular flexibility index (Phi) is 6.73. The van der Waals surface area contributed by atoms with Gasteiger partial charge in [0.1, 0.15) is 0 Å². The smallest absolute Gasteiger partial charge is 0.0561 e. The van der Waals surface area contributed by atoms with Crippen LogP contribution >= 0.6 is 0 Å². The minimum absolute atomic E-state index is 0.181. The fourth-order valence-electron chi connectivity index (χ4n) is 2.30. The lowest BCUT2D eigenvalue weighted by Crippen LogP contribution is -2.31. The molecule has 19 heavy (non-hydrogen) atoms. The Morgan fingerprint density at radius 1 is 1.26 bits per heavy atom. The molecular formula is C16H27NOS. The van der Waals surface area contributed by atoms with Gasteiger partial charge in [0, 0.05) is 16.2 Å². The van der Waals surface area contributed by atoms with Crippen molar-refractivity contribution in [3.05, 3.63) is 29.3 Å². The van der Waals surface area contributed by atoms with Crippen LogP contribution in [0.3, 0.4) is 0 Å². The van der Waals surface area contributed by atoms with E-state index in [0.717, 1.165) is 29.8 Å². The number of rotatable bonds is 7. The third-order valence-corrected chi connectivity index (χ3v) is 5.16. The van der Waals surface area contributed by atoms with Crippen LogP contribution < -0.4 is 5.32 Å². The highest BCUT2D eigenvalue weighted by Gasteiger charge is 2.17. The SMILES string of the molecule is CCCNC(C)CC(C)S(=O)c1ccc(C)cc1C. The molecule has 0 fully saturated rings. The van der Waals surface area contributed by atoms with Crippen molar-refractivity contribution in [3.8, 4) is 0 Å². The first kappa shape index (κ1) is 16.4. The van der Waals surface area contributed by atoms with Crippen LogP contribution in [0.2, 0.25) is 0 Å². The van der Waals surface area contributed by atoms with Gasteiger partial charge in [0.05, 0.1) is 10.8 Å². The summed E-state index contributed by atoms with van der Waals surface area (Å²) in [5.41, 5.74) is 2.36. The van der Waals surface area contributed by atoms with E-state index in [-0.39, 0.29) is 5.25 Å². The van der Waals surface area contributed by atoms with E-state index < -0.39 is 10.8 Å². The maximum Gasteiger partial charge on any atom is 0.0561 e. The summed E-state index contributed by atoms with van der Waals surface area (Å²) in [6.07, 6.45) is 2.08. The Morgan fingerprint density at radius 3 is 2.53 bits per heavy atom. The molecule has 0 bridgehead atoms. The fourth-order valence-corrected chi connectivity index (χ4v) is 3.78. The minimum Gasteiger partial charge on any atom is -0.314 e. The maximum atomic E-state index is 12.6. The van der Waals surface area contributed by atoms with Gasteiger partial charge in [-0.1, -0.05) is 31.5 Å². The number of hydrogen-bond acceptors (Lipinski definition) is 2. The lowest BCUT2D eigenvalue weighted by molar-refractivity contribution is 0.508. The molecular weight excluding hydrogens is 254 g/mol. The first-order valence-corrected chi connectivity index (χ1v) is 8.38. The van der Waals surface area contributed by atoms with Gasteiger partial charge >= 0.3 is 0 Å². The molecule has 2 nitrogen and oxygen atoms in total. The van der Waals surface area contributed by atoms with Gasteiger partial charge in [-0.25, -0.2) is 0 Å². The number of benzene rings is 1. The van der Waals surface area contributed by atoms with Crippen molar-refractivity contribution >= 4 is 10.8 Å². The molecule has 1 aromatic carbocycles. The van der Waals surface area contributed by atoms with Crippen LogP contribution in [0, 0.1) is 13.8 Å². The lowest BCUT2D eigenvalue weighted by atomic mass is 10.2. The van der Waals surface area contributed by atoms with Crippen LogP contribution in [0.1, 0.15) is 44.7 Å². The predicted molar refractivity (Wildman–Crippen MR) is 84.2 cm³/mol. The van der Waals surface area contributed by atoms with E-state index in [1.807, 2.05) is 19.1 Å². The Bertz CT molecular complexity index is 431. The van der Waals surface area contributed by atoms with E-state index >= 15 is 0 Å². The number of aryl methyl sites for hydroxylation is 2. The second-order valence-corrected chi connectivity index (χ2v) is 7.31. The zero-order valence-corrected chi connectivity index (χ0v) is 13.6. The number of nitrogens with one attached hydrogen (secondary N) is 1. The molecule has 3 heteroatoms. The van der Waals surface area contributed by atoms with Gasteiger partial charge < -0.3 is 5.32 Å². The molecule has 0 aromatic heterocycles. The maximum absolute atomic E-state index is 12.6. The summed E-state index contributed by atoms with van der Waals surface area (Å²) in [5, 5.41) is 3.64. The monoisotopic (exact) mass is 281 g/mol. The molecule has 108 valence electrons. The van der Waals surface area contributed by atoms with Crippen LogP contribution in [0.15, 0.2) is 23.1 Å². The molecule has 0 spiro atoms. The van der Waals surface area contributed by atoms with Crippen molar-refractivity contribution in [2.45, 2.75) is 63.6 Å². The van der Waals surface area contributed by atoms with Gasteiger partial charge in [-0.2, -0.15) is 0 Å². The standard InChI is InChI=1S/C16H27NOS/c1-6-9-17-14(4)11-15(5)19(18)16-8-7-12(2)10-13(16)3/h7-8,10,14-15,17H,6,9,11H2,1-5H3. The highest BCUT2D eigenvalue weighted by molar-refractivity contribution is 7.85. The summed E-state index contributed by atoms with van der Waals surface area (Å²) in [6, 6.07) is 6.59. The Balaban J connectivity index is 2.66. The predicted octanol–water partition coefficient (Wildman–Crippen LogP) is 3.58. The van der Waals surface area contributed by atoms with E-state index in [2.05, 4.69) is 39.1 Å². The molecule has 0 radical (unpaired) electrons. The zero-order chi connectivity index (χ0) is 14.4. The van der Waals surface area contributed by atoms with E-state index in [1.165, 1.54) is 5.56 Å². The summed E-state index contributed by atoms with van der Waals surface area (Å²) in [4.78, 5) is 0.987. The second-order valence-electron chi connectivity index (χ2n) is 5.47. The zero-order valence-electron chi connectivity index (χ0n) is 12.8. The van der Waals surface area contributed by atoms with Gasteiger partial charge in [0.2, 0.25) is 0 Å². The van der Waals surface area contributed by atoms with E-state index in [1.54, 1.807) is 0 Å². The Morgan fingerprint density at radius 2 is 1.95 bits per heavy atom. The number of hydrogen-bond donors (Lipinski definition) is 1. The quantitative estimate of drug-likeness (QED) is 0.827. The van der Waals surface area contributed by atoms with Crippen LogP contribution in [0.25, 0.3) is 0 Å². The fraction of sp³-hybridized carbons (Fsp3) is 0.625. The Hall–Kier alpha value is -0.670. The molecule has 1 rings (SSSR count). The molecule has 0 aliphatic rings. The van der Waals surface area contributed by atoms with Crippen molar-refractivity contribution in [3.63, 3.8) is 0 Å². The normalized spacial score (nSPS) is 16.1. The van der Waals surface area contributed by atoms with E-state index in [0.29, 0.717) is 6.04 Å². The van der Waals surface area contributed by atoms with Crippen molar-refractivity contribution in [2.75, 3.05) is 6.54 Å². The van der Waals surface area contributed by atoms with E-state index in [4.69, 9.17) is 0 Å². The third-order valence-electron chi connectivity index (χ3n) is 3.34. The summed E-state index contributed by atoms with van der Waals surface area (Å²) in [7, 11) is -0.914. The topological polar surface area (TPSA) is 29.1 Å². The molecule has 1 N–H and O–H groups in total. The summed E-state index contributed by atoms with van der Waals surface area (Å²) >= 11 is 0. The average molecular weight is 281 g/mol.